The van der Waals surface area contributed by atoms with Crippen molar-refractivity contribution >= 4 is 11.7 Å². The Morgan fingerprint density at radius 1 is 1.56 bits per heavy atom. The number of carbonyl (C=O) groups is 1. The highest BCUT2D eigenvalue weighted by molar-refractivity contribution is 5.86. The molecule has 1 aromatic rings. The first kappa shape index (κ1) is 12.3. The highest BCUT2D eigenvalue weighted by atomic mass is 19.1. The fourth-order valence-electron chi connectivity index (χ4n) is 1.97. The lowest BCUT2D eigenvalue weighted by Crippen LogP contribution is -2.21. The molecule has 96 valence electrons. The number of ether oxygens (including phenoxy) is 1. The first-order valence-corrected chi connectivity index (χ1v) is 5.18. The lowest BCUT2D eigenvalue weighted by molar-refractivity contribution is -0.385. The van der Waals surface area contributed by atoms with E-state index in [9.17, 15) is 19.3 Å². The molecule has 0 radical (unpaired) electrons. The number of hydrogen-bond acceptors (Lipinski definition) is 4. The average Bonchev–Trinajstić information content (AvgIpc) is 3.08. The molecule has 2 rings (SSSR count). The van der Waals surface area contributed by atoms with Crippen LogP contribution in [0.4, 0.5) is 10.1 Å². The van der Waals surface area contributed by atoms with Crippen molar-refractivity contribution in [2.24, 2.45) is 0 Å². The topological polar surface area (TPSA) is 89.7 Å². The van der Waals surface area contributed by atoms with Crippen molar-refractivity contribution in [3.8, 4) is 5.75 Å². The molecule has 7 heteroatoms. The van der Waals surface area contributed by atoms with Crippen LogP contribution in [0.15, 0.2) is 12.1 Å². The Hall–Kier alpha value is -2.18. The quantitative estimate of drug-likeness (QED) is 0.655. The number of benzene rings is 1. The third kappa shape index (κ3) is 1.68. The van der Waals surface area contributed by atoms with Crippen molar-refractivity contribution in [2.45, 2.75) is 18.3 Å². The summed E-state index contributed by atoms with van der Waals surface area (Å²) >= 11 is 0. The summed E-state index contributed by atoms with van der Waals surface area (Å²) in [6.07, 6.45) is 0.638. The zero-order chi connectivity index (χ0) is 13.5. The van der Waals surface area contributed by atoms with Gasteiger partial charge in [-0.1, -0.05) is 0 Å². The molecule has 0 atom stereocenters. The number of methoxy groups -OCH3 is 1. The third-order valence-corrected chi connectivity index (χ3v) is 3.12. The van der Waals surface area contributed by atoms with Crippen LogP contribution in [0.2, 0.25) is 0 Å². The number of aliphatic carboxylic acids is 1. The molecule has 18 heavy (non-hydrogen) atoms. The van der Waals surface area contributed by atoms with E-state index < -0.39 is 27.8 Å². The molecule has 1 aliphatic carbocycles. The van der Waals surface area contributed by atoms with Gasteiger partial charge in [-0.2, -0.15) is 0 Å². The predicted octanol–water partition coefficient (Wildman–Crippen LogP) is 1.86. The summed E-state index contributed by atoms with van der Waals surface area (Å²) in [4.78, 5) is 21.1. The lowest BCUT2D eigenvalue weighted by Gasteiger charge is -2.15. The number of non-ortho nitro benzene ring substituents is 1. The van der Waals surface area contributed by atoms with E-state index in [1.165, 1.54) is 7.11 Å². The van der Waals surface area contributed by atoms with Gasteiger partial charge in [0, 0.05) is 11.6 Å². The molecule has 0 amide bonds. The van der Waals surface area contributed by atoms with Gasteiger partial charge < -0.3 is 9.84 Å². The minimum absolute atomic E-state index is 0.0317. The Morgan fingerprint density at radius 3 is 2.56 bits per heavy atom. The monoisotopic (exact) mass is 255 g/mol. The Bertz CT molecular complexity index is 538. The molecule has 1 saturated carbocycles. The van der Waals surface area contributed by atoms with Crippen LogP contribution in [0.25, 0.3) is 0 Å². The molecule has 0 heterocycles. The zero-order valence-corrected chi connectivity index (χ0v) is 9.47. The summed E-state index contributed by atoms with van der Waals surface area (Å²) in [6, 6.07) is 1.79. The second-order valence-corrected chi connectivity index (χ2v) is 4.15. The molecule has 0 aliphatic heterocycles. The van der Waals surface area contributed by atoms with Crippen molar-refractivity contribution < 1.29 is 24.0 Å². The SMILES string of the molecule is COc1c(F)cc([N+](=O)[O-])cc1C1(C(=O)O)CC1. The lowest BCUT2D eigenvalue weighted by atomic mass is 9.94. The summed E-state index contributed by atoms with van der Waals surface area (Å²) in [7, 11) is 1.20. The summed E-state index contributed by atoms with van der Waals surface area (Å²) in [5, 5.41) is 19.8. The first-order valence-electron chi connectivity index (χ1n) is 5.18. The van der Waals surface area contributed by atoms with Gasteiger partial charge in [0.05, 0.1) is 23.5 Å². The van der Waals surface area contributed by atoms with Crippen molar-refractivity contribution in [3.63, 3.8) is 0 Å². The molecule has 0 aromatic heterocycles. The van der Waals surface area contributed by atoms with Crippen LogP contribution in [-0.2, 0) is 10.2 Å². The normalized spacial score (nSPS) is 16.1. The van der Waals surface area contributed by atoms with Gasteiger partial charge in [0.15, 0.2) is 11.6 Å². The highest BCUT2D eigenvalue weighted by Gasteiger charge is 2.54. The molecular formula is C11H10FNO5. The van der Waals surface area contributed by atoms with Gasteiger partial charge in [-0.3, -0.25) is 14.9 Å². The standard InChI is InChI=1S/C11H10FNO5/c1-18-9-7(11(2-3-11)10(14)15)4-6(13(16)17)5-8(9)12/h4-5H,2-3H2,1H3,(H,14,15). The maximum absolute atomic E-state index is 13.7. The van der Waals surface area contributed by atoms with Crippen LogP contribution < -0.4 is 4.74 Å². The number of halogens is 1. The van der Waals surface area contributed by atoms with E-state index in [0.717, 1.165) is 12.1 Å². The van der Waals surface area contributed by atoms with Crippen LogP contribution in [0.1, 0.15) is 18.4 Å². The Morgan fingerprint density at radius 2 is 2.17 bits per heavy atom. The number of nitro benzene ring substituents is 1. The zero-order valence-electron chi connectivity index (χ0n) is 9.47. The molecule has 1 aromatic carbocycles. The number of carboxylic acids is 1. The minimum Gasteiger partial charge on any atom is -0.493 e. The van der Waals surface area contributed by atoms with Crippen molar-refractivity contribution in [2.75, 3.05) is 7.11 Å². The number of hydrogen-bond donors (Lipinski definition) is 1. The Kier molecular flexibility index (Phi) is 2.68. The summed E-state index contributed by atoms with van der Waals surface area (Å²) in [6.45, 7) is 0. The van der Waals surface area contributed by atoms with Gasteiger partial charge in [-0.15, -0.1) is 0 Å². The average molecular weight is 255 g/mol. The number of nitro groups is 1. The highest BCUT2D eigenvalue weighted by Crippen LogP contribution is 2.52. The van der Waals surface area contributed by atoms with Gasteiger partial charge in [0.2, 0.25) is 0 Å². The summed E-state index contributed by atoms with van der Waals surface area (Å²) < 4.78 is 18.5. The van der Waals surface area contributed by atoms with Crippen LogP contribution in [-0.4, -0.2) is 23.1 Å². The molecule has 0 spiro atoms. The van der Waals surface area contributed by atoms with Crippen LogP contribution in [0, 0.1) is 15.9 Å². The van der Waals surface area contributed by atoms with Gasteiger partial charge in [0.1, 0.15) is 0 Å². The van der Waals surface area contributed by atoms with Crippen molar-refractivity contribution in [1.82, 2.24) is 0 Å². The number of nitrogens with zero attached hydrogens (tertiary/aromatic N) is 1. The predicted molar refractivity (Wildman–Crippen MR) is 58.2 cm³/mol. The van der Waals surface area contributed by atoms with Crippen LogP contribution in [0.5, 0.6) is 5.75 Å². The van der Waals surface area contributed by atoms with E-state index >= 15 is 0 Å². The minimum atomic E-state index is -1.25. The van der Waals surface area contributed by atoms with Gasteiger partial charge in [-0.05, 0) is 12.8 Å². The van der Waals surface area contributed by atoms with Gasteiger partial charge >= 0.3 is 5.97 Å². The smallest absolute Gasteiger partial charge is 0.314 e. The van der Waals surface area contributed by atoms with E-state index in [1.807, 2.05) is 0 Å². The maximum atomic E-state index is 13.7. The third-order valence-electron chi connectivity index (χ3n) is 3.12. The molecule has 1 fully saturated rings. The number of rotatable bonds is 4. The second kappa shape index (κ2) is 3.94. The van der Waals surface area contributed by atoms with Gasteiger partial charge in [0.25, 0.3) is 5.69 Å². The number of carboxylic acid groups (broad SMARTS) is 1. The summed E-state index contributed by atoms with van der Waals surface area (Å²) in [5.41, 5.74) is -1.70. The van der Waals surface area contributed by atoms with Crippen molar-refractivity contribution in [3.05, 3.63) is 33.6 Å². The molecular weight excluding hydrogens is 245 g/mol. The fraction of sp³-hybridized carbons (Fsp3) is 0.364. The molecule has 0 unspecified atom stereocenters. The van der Waals surface area contributed by atoms with E-state index in [2.05, 4.69) is 0 Å². The van der Waals surface area contributed by atoms with Crippen LogP contribution >= 0.6 is 0 Å². The van der Waals surface area contributed by atoms with Gasteiger partial charge in [-0.25, -0.2) is 4.39 Å². The summed E-state index contributed by atoms with van der Waals surface area (Å²) in [5.74, 6) is -2.28. The molecule has 1 aliphatic rings. The Balaban J connectivity index is 2.64. The largest absolute Gasteiger partial charge is 0.493 e. The first-order chi connectivity index (χ1) is 8.42. The maximum Gasteiger partial charge on any atom is 0.314 e. The Labute approximate surface area is 101 Å². The van der Waals surface area contributed by atoms with Crippen molar-refractivity contribution in [1.29, 1.82) is 0 Å². The van der Waals surface area contributed by atoms with E-state index in [-0.39, 0.29) is 11.3 Å². The molecule has 1 N–H and O–H groups in total. The van der Waals surface area contributed by atoms with E-state index in [1.54, 1.807) is 0 Å². The second-order valence-electron chi connectivity index (χ2n) is 4.15. The van der Waals surface area contributed by atoms with E-state index in [4.69, 9.17) is 9.84 Å². The fourth-order valence-corrected chi connectivity index (χ4v) is 1.97. The van der Waals surface area contributed by atoms with Crippen LogP contribution in [0.3, 0.4) is 0 Å². The molecule has 6 nitrogen and oxygen atoms in total. The van der Waals surface area contributed by atoms with E-state index in [0.29, 0.717) is 12.8 Å². The molecule has 0 saturated heterocycles. The molecule has 0 bridgehead atoms.